The predicted molar refractivity (Wildman–Crippen MR) is 91.2 cm³/mol. The van der Waals surface area contributed by atoms with Crippen LogP contribution in [0.25, 0.3) is 0 Å². The molecule has 1 unspecified atom stereocenters. The Hall–Kier alpha value is -1.67. The van der Waals surface area contributed by atoms with E-state index >= 15 is 0 Å². The van der Waals surface area contributed by atoms with E-state index in [-0.39, 0.29) is 16.7 Å². The van der Waals surface area contributed by atoms with Crippen LogP contribution in [-0.4, -0.2) is 56.8 Å². The molecule has 0 spiro atoms. The van der Waals surface area contributed by atoms with Gasteiger partial charge >= 0.3 is 0 Å². The second-order valence-electron chi connectivity index (χ2n) is 6.36. The summed E-state index contributed by atoms with van der Waals surface area (Å²) in [6.45, 7) is 2.62. The SMILES string of the molecule is CNC(=O)C1CCCN(c2ccc(S(=O)(=O)N3CCCC3)cn2)C1. The Bertz CT molecular complexity index is 684. The number of hydrogen-bond acceptors (Lipinski definition) is 5. The standard InChI is InChI=1S/C16H24N4O3S/c1-17-16(21)13-5-4-8-19(12-13)15-7-6-14(11-18-15)24(22,23)20-9-2-3-10-20/h6-7,11,13H,2-5,8-10,12H2,1H3,(H,17,21). The molecule has 1 amide bonds. The highest BCUT2D eigenvalue weighted by molar-refractivity contribution is 7.89. The van der Waals surface area contributed by atoms with Crippen LogP contribution >= 0.6 is 0 Å². The van der Waals surface area contributed by atoms with Gasteiger partial charge in [0.05, 0.1) is 5.92 Å². The summed E-state index contributed by atoms with van der Waals surface area (Å²) in [5.41, 5.74) is 0. The van der Waals surface area contributed by atoms with Crippen LogP contribution in [0.3, 0.4) is 0 Å². The molecule has 2 aliphatic heterocycles. The van der Waals surface area contributed by atoms with E-state index < -0.39 is 10.0 Å². The van der Waals surface area contributed by atoms with Crippen LogP contribution in [0.2, 0.25) is 0 Å². The monoisotopic (exact) mass is 352 g/mol. The third-order valence-electron chi connectivity index (χ3n) is 4.79. The van der Waals surface area contributed by atoms with E-state index in [4.69, 9.17) is 0 Å². The summed E-state index contributed by atoms with van der Waals surface area (Å²) < 4.78 is 26.6. The molecule has 0 aromatic carbocycles. The first-order valence-electron chi connectivity index (χ1n) is 8.45. The van der Waals surface area contributed by atoms with E-state index in [1.807, 2.05) is 0 Å². The van der Waals surface area contributed by atoms with Crippen molar-refractivity contribution in [1.82, 2.24) is 14.6 Å². The minimum Gasteiger partial charge on any atom is -0.359 e. The summed E-state index contributed by atoms with van der Waals surface area (Å²) in [5.74, 6) is 0.732. The van der Waals surface area contributed by atoms with E-state index in [2.05, 4.69) is 15.2 Å². The Kier molecular flexibility index (Phi) is 5.05. The average Bonchev–Trinajstić information content (AvgIpc) is 3.17. The summed E-state index contributed by atoms with van der Waals surface area (Å²) in [6, 6.07) is 3.37. The molecule has 0 radical (unpaired) electrons. The van der Waals surface area contributed by atoms with Gasteiger partial charge in [-0.3, -0.25) is 4.79 Å². The third-order valence-corrected chi connectivity index (χ3v) is 6.67. The van der Waals surface area contributed by atoms with Crippen molar-refractivity contribution in [2.24, 2.45) is 5.92 Å². The van der Waals surface area contributed by atoms with Crippen LogP contribution < -0.4 is 10.2 Å². The maximum Gasteiger partial charge on any atom is 0.244 e. The molecule has 8 heteroatoms. The summed E-state index contributed by atoms with van der Waals surface area (Å²) in [4.78, 5) is 18.5. The van der Waals surface area contributed by atoms with Gasteiger partial charge in [0.15, 0.2) is 0 Å². The van der Waals surface area contributed by atoms with Crippen LogP contribution in [0, 0.1) is 5.92 Å². The van der Waals surface area contributed by atoms with Gasteiger partial charge in [-0.25, -0.2) is 13.4 Å². The van der Waals surface area contributed by atoms with Crippen molar-refractivity contribution in [1.29, 1.82) is 0 Å². The van der Waals surface area contributed by atoms with Gasteiger partial charge in [0, 0.05) is 39.4 Å². The van der Waals surface area contributed by atoms with Crippen molar-refractivity contribution in [2.75, 3.05) is 38.1 Å². The molecule has 0 saturated carbocycles. The lowest BCUT2D eigenvalue weighted by Gasteiger charge is -2.32. The van der Waals surface area contributed by atoms with Crippen LogP contribution in [-0.2, 0) is 14.8 Å². The van der Waals surface area contributed by atoms with Gasteiger partial charge in [-0.1, -0.05) is 0 Å². The molecule has 2 fully saturated rings. The van der Waals surface area contributed by atoms with Crippen LogP contribution in [0.5, 0.6) is 0 Å². The topological polar surface area (TPSA) is 82.6 Å². The number of carbonyl (C=O) groups excluding carboxylic acids is 1. The second-order valence-corrected chi connectivity index (χ2v) is 8.30. The largest absolute Gasteiger partial charge is 0.359 e. The predicted octanol–water partition coefficient (Wildman–Crippen LogP) is 0.828. The number of sulfonamides is 1. The fourth-order valence-corrected chi connectivity index (χ4v) is 4.86. The average molecular weight is 352 g/mol. The Balaban J connectivity index is 1.73. The first-order chi connectivity index (χ1) is 11.5. The van der Waals surface area contributed by atoms with Crippen molar-refractivity contribution in [3.05, 3.63) is 18.3 Å². The highest BCUT2D eigenvalue weighted by atomic mass is 32.2. The molecule has 3 heterocycles. The van der Waals surface area contributed by atoms with Crippen LogP contribution in [0.4, 0.5) is 5.82 Å². The first-order valence-corrected chi connectivity index (χ1v) is 9.89. The Morgan fingerprint density at radius 3 is 2.58 bits per heavy atom. The number of hydrogen-bond donors (Lipinski definition) is 1. The lowest BCUT2D eigenvalue weighted by Crippen LogP contribution is -2.42. The molecule has 3 rings (SSSR count). The maximum absolute atomic E-state index is 12.5. The molecule has 132 valence electrons. The lowest BCUT2D eigenvalue weighted by atomic mass is 9.97. The van der Waals surface area contributed by atoms with Crippen molar-refractivity contribution in [3.8, 4) is 0 Å². The minimum atomic E-state index is -3.43. The Labute approximate surface area is 143 Å². The number of piperidine rings is 1. The summed E-state index contributed by atoms with van der Waals surface area (Å²) in [5, 5.41) is 2.70. The van der Waals surface area contributed by atoms with Gasteiger partial charge in [-0.05, 0) is 37.8 Å². The normalized spacial score (nSPS) is 22.5. The lowest BCUT2D eigenvalue weighted by molar-refractivity contribution is -0.124. The quantitative estimate of drug-likeness (QED) is 0.868. The number of rotatable bonds is 4. The molecule has 24 heavy (non-hydrogen) atoms. The van der Waals surface area contributed by atoms with E-state index in [9.17, 15) is 13.2 Å². The van der Waals surface area contributed by atoms with Crippen molar-refractivity contribution < 1.29 is 13.2 Å². The molecule has 7 nitrogen and oxygen atoms in total. The molecule has 1 atom stereocenters. The fraction of sp³-hybridized carbons (Fsp3) is 0.625. The van der Waals surface area contributed by atoms with Gasteiger partial charge in [-0.15, -0.1) is 0 Å². The second kappa shape index (κ2) is 7.06. The molecule has 2 aliphatic rings. The van der Waals surface area contributed by atoms with Crippen molar-refractivity contribution in [2.45, 2.75) is 30.6 Å². The molecule has 1 N–H and O–H groups in total. The molecule has 1 aromatic rings. The molecule has 0 bridgehead atoms. The smallest absolute Gasteiger partial charge is 0.244 e. The third kappa shape index (κ3) is 3.39. The molecular formula is C16H24N4O3S. The highest BCUT2D eigenvalue weighted by Gasteiger charge is 2.29. The van der Waals surface area contributed by atoms with Crippen LogP contribution in [0.1, 0.15) is 25.7 Å². The molecule has 1 aromatic heterocycles. The number of aromatic nitrogens is 1. The zero-order chi connectivity index (χ0) is 17.2. The minimum absolute atomic E-state index is 0.0430. The summed E-state index contributed by atoms with van der Waals surface area (Å²) >= 11 is 0. The van der Waals surface area contributed by atoms with Crippen LogP contribution in [0.15, 0.2) is 23.2 Å². The fourth-order valence-electron chi connectivity index (χ4n) is 3.39. The zero-order valence-corrected chi connectivity index (χ0v) is 14.8. The van der Waals surface area contributed by atoms with Crippen molar-refractivity contribution in [3.63, 3.8) is 0 Å². The number of nitrogens with zero attached hydrogens (tertiary/aromatic N) is 3. The van der Waals surface area contributed by atoms with Gasteiger partial charge in [0.25, 0.3) is 0 Å². The maximum atomic E-state index is 12.5. The van der Waals surface area contributed by atoms with Gasteiger partial charge in [-0.2, -0.15) is 4.31 Å². The van der Waals surface area contributed by atoms with Gasteiger partial charge in [0.1, 0.15) is 10.7 Å². The summed E-state index contributed by atoms with van der Waals surface area (Å²) in [7, 11) is -1.78. The number of anilines is 1. The highest BCUT2D eigenvalue weighted by Crippen LogP contribution is 2.24. The molecule has 2 saturated heterocycles. The number of pyridine rings is 1. The van der Waals surface area contributed by atoms with E-state index in [0.717, 1.165) is 38.0 Å². The zero-order valence-electron chi connectivity index (χ0n) is 13.9. The Morgan fingerprint density at radius 1 is 1.21 bits per heavy atom. The van der Waals surface area contributed by atoms with E-state index in [1.165, 1.54) is 10.5 Å². The van der Waals surface area contributed by atoms with Gasteiger partial charge in [0.2, 0.25) is 15.9 Å². The van der Waals surface area contributed by atoms with Gasteiger partial charge < -0.3 is 10.2 Å². The molecule has 0 aliphatic carbocycles. The number of carbonyl (C=O) groups is 1. The number of amides is 1. The van der Waals surface area contributed by atoms with Crippen molar-refractivity contribution >= 4 is 21.7 Å². The summed E-state index contributed by atoms with van der Waals surface area (Å²) in [6.07, 6.45) is 5.07. The molecular weight excluding hydrogens is 328 g/mol. The number of nitrogens with one attached hydrogen (secondary N) is 1. The first kappa shape index (κ1) is 17.2. The van der Waals surface area contributed by atoms with E-state index in [1.54, 1.807) is 19.2 Å². The Morgan fingerprint density at radius 2 is 1.96 bits per heavy atom. The van der Waals surface area contributed by atoms with E-state index in [0.29, 0.717) is 19.6 Å².